The molecule has 1 amide bonds. The maximum Gasteiger partial charge on any atom is 0.241 e. The monoisotopic (exact) mass is 465 g/mol. The predicted molar refractivity (Wildman–Crippen MR) is 136 cm³/mol. The second-order valence-corrected chi connectivity index (χ2v) is 8.84. The molecule has 0 spiro atoms. The molecule has 5 nitrogen and oxygen atoms in total. The van der Waals surface area contributed by atoms with Gasteiger partial charge in [0.15, 0.2) is 5.13 Å². The van der Waals surface area contributed by atoms with Crippen molar-refractivity contribution in [2.45, 2.75) is 12.5 Å². The summed E-state index contributed by atoms with van der Waals surface area (Å²) in [4.78, 5) is 25.3. The van der Waals surface area contributed by atoms with E-state index in [2.05, 4.69) is 4.98 Å². The van der Waals surface area contributed by atoms with Gasteiger partial charge in [-0.3, -0.25) is 14.7 Å². The Hall–Kier alpha value is -4.03. The average Bonchev–Trinajstić information content (AvgIpc) is 3.32. The fourth-order valence-electron chi connectivity index (χ4n) is 3.96. The van der Waals surface area contributed by atoms with E-state index in [1.807, 2.05) is 97.1 Å². The van der Waals surface area contributed by atoms with Gasteiger partial charge in [-0.1, -0.05) is 78.1 Å². The van der Waals surface area contributed by atoms with Gasteiger partial charge in [-0.15, -0.1) is 0 Å². The zero-order chi connectivity index (χ0) is 23.3. The normalized spacial score (nSPS) is 11.0. The molecule has 5 rings (SSSR count). The SMILES string of the molecule is COc1ccc2sc(N(Cc3ccccn3)C(=O)C(c3ccccc3)c3ccccc3)nc2c1. The number of nitrogens with zero attached hydrogens (tertiary/aromatic N) is 3. The smallest absolute Gasteiger partial charge is 0.241 e. The molecule has 0 aliphatic carbocycles. The van der Waals surface area contributed by atoms with E-state index in [-0.39, 0.29) is 5.91 Å². The zero-order valence-electron chi connectivity index (χ0n) is 18.7. The van der Waals surface area contributed by atoms with Gasteiger partial charge >= 0.3 is 0 Å². The van der Waals surface area contributed by atoms with Crippen LogP contribution in [0.15, 0.2) is 103 Å². The van der Waals surface area contributed by atoms with E-state index in [1.165, 1.54) is 11.3 Å². The molecule has 2 heterocycles. The van der Waals surface area contributed by atoms with Crippen molar-refractivity contribution in [2.24, 2.45) is 0 Å². The molecule has 0 atom stereocenters. The Morgan fingerprint density at radius 1 is 0.912 bits per heavy atom. The van der Waals surface area contributed by atoms with Crippen LogP contribution < -0.4 is 9.64 Å². The molecule has 0 unspecified atom stereocenters. The first kappa shape index (κ1) is 21.8. The first-order chi connectivity index (χ1) is 16.7. The van der Waals surface area contributed by atoms with Crippen LogP contribution in [0.25, 0.3) is 10.2 Å². The lowest BCUT2D eigenvalue weighted by Crippen LogP contribution is -2.35. The first-order valence-electron chi connectivity index (χ1n) is 11.0. The molecule has 0 N–H and O–H groups in total. The summed E-state index contributed by atoms with van der Waals surface area (Å²) < 4.78 is 6.35. The third-order valence-electron chi connectivity index (χ3n) is 5.64. The number of carbonyl (C=O) groups is 1. The van der Waals surface area contributed by atoms with Crippen LogP contribution in [0.3, 0.4) is 0 Å². The fourth-order valence-corrected chi connectivity index (χ4v) is 4.91. The van der Waals surface area contributed by atoms with Crippen molar-refractivity contribution in [2.75, 3.05) is 12.0 Å². The Morgan fingerprint density at radius 3 is 2.21 bits per heavy atom. The molecule has 3 aromatic carbocycles. The molecule has 0 bridgehead atoms. The molecule has 0 saturated carbocycles. The van der Waals surface area contributed by atoms with Crippen molar-refractivity contribution in [3.05, 3.63) is 120 Å². The molecule has 0 aliphatic heterocycles. The Bertz CT molecular complexity index is 1350. The number of amides is 1. The topological polar surface area (TPSA) is 55.3 Å². The highest BCUT2D eigenvalue weighted by atomic mass is 32.1. The predicted octanol–water partition coefficient (Wildman–Crippen LogP) is 6.07. The number of carbonyl (C=O) groups excluding carboxylic acids is 1. The molecule has 34 heavy (non-hydrogen) atoms. The van der Waals surface area contributed by atoms with Crippen molar-refractivity contribution in [1.82, 2.24) is 9.97 Å². The van der Waals surface area contributed by atoms with E-state index < -0.39 is 5.92 Å². The molecular formula is C28H23N3O2S. The molecular weight excluding hydrogens is 442 g/mol. The van der Waals surface area contributed by atoms with Gasteiger partial charge < -0.3 is 4.74 Å². The number of methoxy groups -OCH3 is 1. The van der Waals surface area contributed by atoms with E-state index in [4.69, 9.17) is 9.72 Å². The Morgan fingerprint density at radius 2 is 1.59 bits per heavy atom. The number of pyridine rings is 1. The largest absolute Gasteiger partial charge is 0.497 e. The van der Waals surface area contributed by atoms with Crippen LogP contribution in [0.1, 0.15) is 22.7 Å². The Balaban J connectivity index is 1.62. The maximum absolute atomic E-state index is 14.3. The lowest BCUT2D eigenvalue weighted by Gasteiger charge is -2.26. The highest BCUT2D eigenvalue weighted by molar-refractivity contribution is 7.22. The van der Waals surface area contributed by atoms with Gasteiger partial charge in [0.2, 0.25) is 5.91 Å². The third kappa shape index (κ3) is 4.54. The second-order valence-electron chi connectivity index (χ2n) is 7.83. The zero-order valence-corrected chi connectivity index (χ0v) is 19.5. The van der Waals surface area contributed by atoms with Crippen LogP contribution in [-0.2, 0) is 11.3 Å². The van der Waals surface area contributed by atoms with Gasteiger partial charge in [0.25, 0.3) is 0 Å². The van der Waals surface area contributed by atoms with E-state index in [0.29, 0.717) is 11.7 Å². The van der Waals surface area contributed by atoms with Gasteiger partial charge in [0, 0.05) is 12.3 Å². The Kier molecular flexibility index (Phi) is 6.31. The fraction of sp³-hybridized carbons (Fsp3) is 0.107. The minimum absolute atomic E-state index is 0.0472. The van der Waals surface area contributed by atoms with Crippen LogP contribution in [0.5, 0.6) is 5.75 Å². The number of benzene rings is 3. The number of fused-ring (bicyclic) bond motifs is 1. The highest BCUT2D eigenvalue weighted by Crippen LogP contribution is 2.35. The van der Waals surface area contributed by atoms with Crippen molar-refractivity contribution in [1.29, 1.82) is 0 Å². The third-order valence-corrected chi connectivity index (χ3v) is 6.70. The van der Waals surface area contributed by atoms with Gasteiger partial charge in [0.05, 0.1) is 35.5 Å². The van der Waals surface area contributed by atoms with Gasteiger partial charge in [-0.25, -0.2) is 4.98 Å². The standard InChI is InChI=1S/C28H23N3O2S/c1-33-23-15-16-25-24(18-23)30-28(34-25)31(19-22-14-8-9-17-29-22)27(32)26(20-10-4-2-5-11-20)21-12-6-3-7-13-21/h2-18,26H,19H2,1H3. The van der Waals surface area contributed by atoms with Crippen LogP contribution in [0.4, 0.5) is 5.13 Å². The quantitative estimate of drug-likeness (QED) is 0.293. The van der Waals surface area contributed by atoms with Crippen molar-refractivity contribution < 1.29 is 9.53 Å². The number of hydrogen-bond acceptors (Lipinski definition) is 5. The number of anilines is 1. The summed E-state index contributed by atoms with van der Waals surface area (Å²) in [5, 5.41) is 0.635. The molecule has 0 fully saturated rings. The van der Waals surface area contributed by atoms with E-state index >= 15 is 0 Å². The summed E-state index contributed by atoms with van der Waals surface area (Å²) in [6, 6.07) is 31.3. The molecule has 2 aromatic heterocycles. The van der Waals surface area contributed by atoms with Crippen LogP contribution in [0, 0.1) is 0 Å². The van der Waals surface area contributed by atoms with Crippen LogP contribution >= 0.6 is 11.3 Å². The summed E-state index contributed by atoms with van der Waals surface area (Å²) in [7, 11) is 1.63. The summed E-state index contributed by atoms with van der Waals surface area (Å²) in [5.41, 5.74) is 3.47. The average molecular weight is 466 g/mol. The summed E-state index contributed by atoms with van der Waals surface area (Å²) >= 11 is 1.49. The summed E-state index contributed by atoms with van der Waals surface area (Å²) in [6.45, 7) is 0.326. The summed E-state index contributed by atoms with van der Waals surface area (Å²) in [5.74, 6) is 0.222. The van der Waals surface area contributed by atoms with Crippen LogP contribution in [0.2, 0.25) is 0 Å². The minimum Gasteiger partial charge on any atom is -0.497 e. The van der Waals surface area contributed by atoms with Crippen molar-refractivity contribution in [3.8, 4) is 5.75 Å². The van der Waals surface area contributed by atoms with E-state index in [1.54, 1.807) is 18.2 Å². The second kappa shape index (κ2) is 9.85. The molecule has 6 heteroatoms. The number of hydrogen-bond donors (Lipinski definition) is 0. The highest BCUT2D eigenvalue weighted by Gasteiger charge is 2.30. The molecule has 0 saturated heterocycles. The lowest BCUT2D eigenvalue weighted by atomic mass is 9.90. The lowest BCUT2D eigenvalue weighted by molar-refractivity contribution is -0.119. The number of aromatic nitrogens is 2. The Labute approximate surface area is 202 Å². The first-order valence-corrected chi connectivity index (χ1v) is 11.8. The van der Waals surface area contributed by atoms with E-state index in [0.717, 1.165) is 32.8 Å². The van der Waals surface area contributed by atoms with E-state index in [9.17, 15) is 4.79 Å². The molecule has 0 radical (unpaired) electrons. The molecule has 168 valence electrons. The van der Waals surface area contributed by atoms with Gasteiger partial charge in [0.1, 0.15) is 5.75 Å². The van der Waals surface area contributed by atoms with Crippen molar-refractivity contribution >= 4 is 32.6 Å². The maximum atomic E-state index is 14.3. The van der Waals surface area contributed by atoms with Crippen LogP contribution in [-0.4, -0.2) is 23.0 Å². The summed E-state index contributed by atoms with van der Waals surface area (Å²) in [6.07, 6.45) is 1.74. The minimum atomic E-state index is -0.465. The van der Waals surface area contributed by atoms with Crippen molar-refractivity contribution in [3.63, 3.8) is 0 Å². The number of thiazole rings is 1. The molecule has 0 aliphatic rings. The van der Waals surface area contributed by atoms with Gasteiger partial charge in [-0.05, 0) is 35.4 Å². The number of rotatable bonds is 7. The number of ether oxygens (including phenoxy) is 1. The molecule has 5 aromatic rings. The van der Waals surface area contributed by atoms with Gasteiger partial charge in [-0.2, -0.15) is 0 Å².